The van der Waals surface area contributed by atoms with E-state index in [1.54, 1.807) is 11.3 Å². The van der Waals surface area contributed by atoms with Crippen LogP contribution in [-0.2, 0) is 4.74 Å². The molecule has 1 amide bonds. The number of likely N-dealkylation sites (tertiary alicyclic amines) is 1. The lowest BCUT2D eigenvalue weighted by Gasteiger charge is -2.46. The number of ether oxygens (including phenoxy) is 1. The molecule has 6 heteroatoms. The molecule has 2 fully saturated rings. The van der Waals surface area contributed by atoms with E-state index in [1.807, 2.05) is 10.3 Å². The van der Waals surface area contributed by atoms with Gasteiger partial charge in [-0.1, -0.05) is 13.8 Å². The van der Waals surface area contributed by atoms with Crippen LogP contribution < -0.4 is 0 Å². The molecule has 1 aromatic heterocycles. The van der Waals surface area contributed by atoms with Gasteiger partial charge in [0.1, 0.15) is 5.69 Å². The van der Waals surface area contributed by atoms with Crippen LogP contribution in [0.25, 0.3) is 0 Å². The van der Waals surface area contributed by atoms with Gasteiger partial charge in [0.25, 0.3) is 5.91 Å². The number of carbonyl (C=O) groups is 1. The highest BCUT2D eigenvalue weighted by Crippen LogP contribution is 2.35. The monoisotopic (exact) mass is 324 g/mol. The first-order valence-electron chi connectivity index (χ1n) is 8.08. The summed E-state index contributed by atoms with van der Waals surface area (Å²) in [7, 11) is 0. The molecule has 2 aliphatic heterocycles. The van der Waals surface area contributed by atoms with Gasteiger partial charge >= 0.3 is 0 Å². The molecule has 22 heavy (non-hydrogen) atoms. The highest BCUT2D eigenvalue weighted by molar-refractivity contribution is 7.09. The van der Waals surface area contributed by atoms with E-state index in [4.69, 9.17) is 4.74 Å². The summed E-state index contributed by atoms with van der Waals surface area (Å²) in [6.45, 7) is 6.14. The summed E-state index contributed by atoms with van der Waals surface area (Å²) in [6.07, 6.45) is 2.74. The molecule has 122 valence electrons. The topological polar surface area (TPSA) is 62.7 Å². The third-order valence-electron chi connectivity index (χ3n) is 4.75. The fourth-order valence-corrected chi connectivity index (χ4v) is 4.10. The predicted octanol–water partition coefficient (Wildman–Crippen LogP) is 2.41. The SMILES string of the molecule is CC(C)c1nc(C(=O)N2CCC3(CC2)OCCC[C@@H]3O)cs1. The van der Waals surface area contributed by atoms with Crippen LogP contribution in [0.4, 0.5) is 0 Å². The third-order valence-corrected chi connectivity index (χ3v) is 5.90. The molecule has 0 bridgehead atoms. The Labute approximate surface area is 135 Å². The summed E-state index contributed by atoms with van der Waals surface area (Å²) in [6, 6.07) is 0. The van der Waals surface area contributed by atoms with Crippen molar-refractivity contribution in [3.05, 3.63) is 16.1 Å². The number of aliphatic hydroxyl groups excluding tert-OH is 1. The van der Waals surface area contributed by atoms with Gasteiger partial charge in [0.2, 0.25) is 0 Å². The molecule has 1 atom stereocenters. The number of rotatable bonds is 2. The molecule has 1 spiro atoms. The van der Waals surface area contributed by atoms with Gasteiger partial charge in [0.15, 0.2) is 0 Å². The molecule has 0 aromatic carbocycles. The Bertz CT molecular complexity index is 535. The summed E-state index contributed by atoms with van der Waals surface area (Å²) >= 11 is 1.55. The number of hydrogen-bond donors (Lipinski definition) is 1. The molecular weight excluding hydrogens is 300 g/mol. The van der Waals surface area contributed by atoms with Gasteiger partial charge in [-0.3, -0.25) is 4.79 Å². The second-order valence-corrected chi connectivity index (χ2v) is 7.48. The van der Waals surface area contributed by atoms with Gasteiger partial charge in [0, 0.05) is 31.0 Å². The Balaban J connectivity index is 1.64. The van der Waals surface area contributed by atoms with E-state index in [9.17, 15) is 9.90 Å². The number of amides is 1. The molecule has 0 unspecified atom stereocenters. The number of thiazole rings is 1. The number of nitrogens with zero attached hydrogens (tertiary/aromatic N) is 2. The molecule has 5 nitrogen and oxygen atoms in total. The fraction of sp³-hybridized carbons (Fsp3) is 0.750. The fourth-order valence-electron chi connectivity index (χ4n) is 3.29. The van der Waals surface area contributed by atoms with E-state index >= 15 is 0 Å². The lowest BCUT2D eigenvalue weighted by molar-refractivity contribution is -0.174. The molecule has 2 saturated heterocycles. The minimum Gasteiger partial charge on any atom is -0.390 e. The molecule has 2 aliphatic rings. The Kier molecular flexibility index (Phi) is 4.52. The number of hydrogen-bond acceptors (Lipinski definition) is 5. The van der Waals surface area contributed by atoms with Crippen molar-refractivity contribution in [3.63, 3.8) is 0 Å². The van der Waals surface area contributed by atoms with Crippen molar-refractivity contribution in [3.8, 4) is 0 Å². The van der Waals surface area contributed by atoms with Gasteiger partial charge in [-0.05, 0) is 25.7 Å². The second-order valence-electron chi connectivity index (χ2n) is 6.59. The zero-order valence-corrected chi connectivity index (χ0v) is 14.1. The molecular formula is C16H24N2O3S. The molecule has 3 heterocycles. The van der Waals surface area contributed by atoms with Crippen LogP contribution in [-0.4, -0.2) is 52.3 Å². The van der Waals surface area contributed by atoms with Crippen molar-refractivity contribution < 1.29 is 14.6 Å². The average Bonchev–Trinajstić information content (AvgIpc) is 3.01. The van der Waals surface area contributed by atoms with Crippen LogP contribution >= 0.6 is 11.3 Å². The number of carbonyl (C=O) groups excluding carboxylic acids is 1. The van der Waals surface area contributed by atoms with E-state index in [0.717, 1.165) is 24.5 Å². The molecule has 0 radical (unpaired) electrons. The normalized spacial score (nSPS) is 24.9. The standard InChI is InChI=1S/C16H24N2O3S/c1-11(2)14-17-12(10-22-14)15(20)18-7-5-16(6-8-18)13(19)4-3-9-21-16/h10-11,13,19H,3-9H2,1-2H3/t13-/m0/s1. The Morgan fingerprint density at radius 3 is 2.82 bits per heavy atom. The number of aromatic nitrogens is 1. The largest absolute Gasteiger partial charge is 0.390 e. The van der Waals surface area contributed by atoms with E-state index < -0.39 is 11.7 Å². The van der Waals surface area contributed by atoms with E-state index in [0.29, 0.717) is 37.5 Å². The highest BCUT2D eigenvalue weighted by Gasteiger charge is 2.44. The molecule has 0 aliphatic carbocycles. The minimum absolute atomic E-state index is 0.00305. The summed E-state index contributed by atoms with van der Waals surface area (Å²) in [5.74, 6) is 0.352. The van der Waals surface area contributed by atoms with Crippen molar-refractivity contribution in [2.75, 3.05) is 19.7 Å². The quantitative estimate of drug-likeness (QED) is 0.907. The number of piperidine rings is 1. The van der Waals surface area contributed by atoms with Gasteiger partial charge in [0.05, 0.1) is 16.7 Å². The van der Waals surface area contributed by atoms with Gasteiger partial charge in [-0.2, -0.15) is 0 Å². The lowest BCUT2D eigenvalue weighted by atomic mass is 9.82. The molecule has 3 rings (SSSR count). The molecule has 0 saturated carbocycles. The zero-order valence-electron chi connectivity index (χ0n) is 13.2. The van der Waals surface area contributed by atoms with E-state index in [2.05, 4.69) is 18.8 Å². The van der Waals surface area contributed by atoms with E-state index in [-0.39, 0.29) is 5.91 Å². The van der Waals surface area contributed by atoms with Crippen LogP contribution in [0.1, 0.15) is 60.9 Å². The van der Waals surface area contributed by atoms with Crippen molar-refractivity contribution in [1.29, 1.82) is 0 Å². The second kappa shape index (κ2) is 6.26. The summed E-state index contributed by atoms with van der Waals surface area (Å²) < 4.78 is 5.89. The Morgan fingerprint density at radius 2 is 2.23 bits per heavy atom. The van der Waals surface area contributed by atoms with Crippen LogP contribution in [0.15, 0.2) is 5.38 Å². The first kappa shape index (κ1) is 15.9. The first-order valence-corrected chi connectivity index (χ1v) is 8.96. The van der Waals surface area contributed by atoms with Gasteiger partial charge < -0.3 is 14.7 Å². The average molecular weight is 324 g/mol. The van der Waals surface area contributed by atoms with Crippen molar-refractivity contribution in [2.24, 2.45) is 0 Å². The maximum Gasteiger partial charge on any atom is 0.273 e. The third kappa shape index (κ3) is 2.92. The van der Waals surface area contributed by atoms with Crippen LogP contribution in [0, 0.1) is 0 Å². The zero-order chi connectivity index (χ0) is 15.7. The van der Waals surface area contributed by atoms with Crippen molar-refractivity contribution in [1.82, 2.24) is 9.88 Å². The van der Waals surface area contributed by atoms with Gasteiger partial charge in [-0.15, -0.1) is 11.3 Å². The lowest BCUT2D eigenvalue weighted by Crippen LogP contribution is -2.56. The molecule has 1 N–H and O–H groups in total. The maximum atomic E-state index is 12.6. The van der Waals surface area contributed by atoms with Crippen LogP contribution in [0.3, 0.4) is 0 Å². The Hall–Kier alpha value is -0.980. The maximum absolute atomic E-state index is 12.6. The smallest absolute Gasteiger partial charge is 0.273 e. The first-order chi connectivity index (χ1) is 10.5. The van der Waals surface area contributed by atoms with Crippen LogP contribution in [0.2, 0.25) is 0 Å². The van der Waals surface area contributed by atoms with Crippen molar-refractivity contribution in [2.45, 2.75) is 57.2 Å². The number of aliphatic hydroxyl groups is 1. The van der Waals surface area contributed by atoms with Crippen molar-refractivity contribution >= 4 is 17.2 Å². The highest BCUT2D eigenvalue weighted by atomic mass is 32.1. The van der Waals surface area contributed by atoms with E-state index in [1.165, 1.54) is 0 Å². The predicted molar refractivity (Wildman–Crippen MR) is 85.3 cm³/mol. The molecule has 1 aromatic rings. The summed E-state index contributed by atoms with van der Waals surface area (Å²) in [5.41, 5.74) is 0.120. The summed E-state index contributed by atoms with van der Waals surface area (Å²) in [4.78, 5) is 18.8. The minimum atomic E-state index is -0.430. The van der Waals surface area contributed by atoms with Crippen LogP contribution in [0.5, 0.6) is 0 Å². The Morgan fingerprint density at radius 1 is 1.50 bits per heavy atom. The summed E-state index contributed by atoms with van der Waals surface area (Å²) in [5, 5.41) is 13.1. The van der Waals surface area contributed by atoms with Gasteiger partial charge in [-0.25, -0.2) is 4.98 Å².